The van der Waals surface area contributed by atoms with Crippen LogP contribution in [-0.4, -0.2) is 28.7 Å². The lowest BCUT2D eigenvalue weighted by Gasteiger charge is -2.19. The number of hydrogen-bond acceptors (Lipinski definition) is 4. The first-order chi connectivity index (χ1) is 14.7. The molecule has 0 saturated heterocycles. The lowest BCUT2D eigenvalue weighted by Crippen LogP contribution is -2.27. The summed E-state index contributed by atoms with van der Waals surface area (Å²) in [7, 11) is 0. The molecule has 164 valence electrons. The predicted molar refractivity (Wildman–Crippen MR) is 123 cm³/mol. The minimum Gasteiger partial charge on any atom is -0.481 e. The Labute approximate surface area is 183 Å². The second kappa shape index (κ2) is 9.25. The van der Waals surface area contributed by atoms with Crippen LogP contribution in [0.4, 0.5) is 5.69 Å². The van der Waals surface area contributed by atoms with Crippen molar-refractivity contribution in [1.29, 1.82) is 0 Å². The molecular weight excluding hydrogens is 392 g/mol. The number of nitrogens with zero attached hydrogens (tertiary/aromatic N) is 1. The third-order valence-electron chi connectivity index (χ3n) is 4.74. The van der Waals surface area contributed by atoms with E-state index in [1.807, 2.05) is 57.2 Å². The summed E-state index contributed by atoms with van der Waals surface area (Å²) >= 11 is 0. The minimum absolute atomic E-state index is 0.157. The van der Waals surface area contributed by atoms with Crippen molar-refractivity contribution in [2.24, 2.45) is 0 Å². The van der Waals surface area contributed by atoms with E-state index >= 15 is 0 Å². The average molecular weight is 423 g/mol. The molecule has 31 heavy (non-hydrogen) atoms. The van der Waals surface area contributed by atoms with Crippen LogP contribution in [0.3, 0.4) is 0 Å². The van der Waals surface area contributed by atoms with E-state index < -0.39 is 11.6 Å². The number of rotatable bonds is 7. The highest BCUT2D eigenvalue weighted by Gasteiger charge is 2.22. The summed E-state index contributed by atoms with van der Waals surface area (Å²) in [6, 6.07) is 15.9. The van der Waals surface area contributed by atoms with Gasteiger partial charge in [0.2, 0.25) is 5.91 Å². The van der Waals surface area contributed by atoms with Crippen LogP contribution < -0.4 is 10.1 Å². The van der Waals surface area contributed by atoms with Gasteiger partial charge in [0, 0.05) is 19.2 Å². The highest BCUT2D eigenvalue weighted by molar-refractivity contribution is 6.06. The molecule has 1 N–H and O–H groups in total. The molecule has 1 aromatic heterocycles. The van der Waals surface area contributed by atoms with Crippen LogP contribution in [0.25, 0.3) is 10.9 Å². The number of fused-ring (bicyclic) bond motifs is 1. The number of carbonyl (C=O) groups excluding carboxylic acids is 2. The van der Waals surface area contributed by atoms with Crippen LogP contribution >= 0.6 is 0 Å². The number of esters is 1. The smallest absolute Gasteiger partial charge is 0.344 e. The summed E-state index contributed by atoms with van der Waals surface area (Å²) in [6.45, 7) is 9.45. The van der Waals surface area contributed by atoms with Crippen LogP contribution in [0.2, 0.25) is 0 Å². The maximum absolute atomic E-state index is 12.2. The van der Waals surface area contributed by atoms with Crippen molar-refractivity contribution in [3.8, 4) is 5.75 Å². The van der Waals surface area contributed by atoms with Gasteiger partial charge in [-0.05, 0) is 44.9 Å². The fraction of sp³-hybridized carbons (Fsp3) is 0.360. The molecule has 1 amide bonds. The van der Waals surface area contributed by atoms with E-state index in [0.717, 1.165) is 34.3 Å². The van der Waals surface area contributed by atoms with E-state index in [1.54, 1.807) is 0 Å². The van der Waals surface area contributed by atoms with Gasteiger partial charge in [0.25, 0.3) is 0 Å². The highest BCUT2D eigenvalue weighted by Crippen LogP contribution is 2.38. The summed E-state index contributed by atoms with van der Waals surface area (Å²) in [6.07, 6.45) is 0.725. The molecule has 0 fully saturated rings. The van der Waals surface area contributed by atoms with Gasteiger partial charge in [-0.15, -0.1) is 0 Å². The molecular formula is C25H30N2O4. The Bertz CT molecular complexity index is 1080. The fourth-order valence-electron chi connectivity index (χ4n) is 3.67. The monoisotopic (exact) mass is 422 g/mol. The molecule has 6 nitrogen and oxygen atoms in total. The van der Waals surface area contributed by atoms with Gasteiger partial charge in [-0.25, -0.2) is 4.79 Å². The summed E-state index contributed by atoms with van der Waals surface area (Å²) < 4.78 is 13.4. The number of aromatic nitrogens is 1. The molecule has 1 heterocycles. The van der Waals surface area contributed by atoms with Crippen molar-refractivity contribution in [1.82, 2.24) is 4.57 Å². The first-order valence-corrected chi connectivity index (χ1v) is 10.5. The summed E-state index contributed by atoms with van der Waals surface area (Å²) in [4.78, 5) is 24.2. The van der Waals surface area contributed by atoms with Crippen molar-refractivity contribution in [2.75, 3.05) is 11.9 Å². The number of nitrogens with one attached hydrogen (secondary N) is 1. The van der Waals surface area contributed by atoms with E-state index in [0.29, 0.717) is 12.3 Å². The molecule has 0 aliphatic carbocycles. The Kier molecular flexibility index (Phi) is 6.68. The van der Waals surface area contributed by atoms with Gasteiger partial charge in [-0.3, -0.25) is 4.79 Å². The number of ether oxygens (including phenoxy) is 2. The van der Waals surface area contributed by atoms with Crippen LogP contribution in [-0.2, 0) is 27.3 Å². The van der Waals surface area contributed by atoms with Gasteiger partial charge < -0.3 is 19.4 Å². The van der Waals surface area contributed by atoms with Crippen molar-refractivity contribution in [3.63, 3.8) is 0 Å². The Morgan fingerprint density at radius 3 is 2.35 bits per heavy atom. The molecule has 0 spiro atoms. The third kappa shape index (κ3) is 5.45. The number of anilines is 1. The van der Waals surface area contributed by atoms with E-state index in [4.69, 9.17) is 9.47 Å². The normalized spacial score (nSPS) is 11.4. The largest absolute Gasteiger partial charge is 0.481 e. The maximum Gasteiger partial charge on any atom is 0.344 e. The molecule has 0 radical (unpaired) electrons. The highest BCUT2D eigenvalue weighted by atomic mass is 16.6. The van der Waals surface area contributed by atoms with Crippen molar-refractivity contribution >= 4 is 28.5 Å². The van der Waals surface area contributed by atoms with Crippen LogP contribution in [0.1, 0.15) is 45.9 Å². The Balaban J connectivity index is 2.06. The van der Waals surface area contributed by atoms with Gasteiger partial charge in [0.05, 0.1) is 16.6 Å². The Morgan fingerprint density at radius 1 is 1.03 bits per heavy atom. The van der Waals surface area contributed by atoms with Crippen molar-refractivity contribution < 1.29 is 19.1 Å². The average Bonchev–Trinajstić information content (AvgIpc) is 2.98. The van der Waals surface area contributed by atoms with Gasteiger partial charge in [-0.1, -0.05) is 43.3 Å². The number of hydrogen-bond donors (Lipinski definition) is 1. The molecule has 0 saturated carbocycles. The number of amides is 1. The molecule has 0 atom stereocenters. The number of benzene rings is 2. The van der Waals surface area contributed by atoms with E-state index in [-0.39, 0.29) is 12.5 Å². The second-order valence-electron chi connectivity index (χ2n) is 8.45. The van der Waals surface area contributed by atoms with E-state index in [2.05, 4.69) is 28.9 Å². The van der Waals surface area contributed by atoms with Crippen molar-refractivity contribution in [2.45, 2.75) is 53.2 Å². The predicted octanol–water partition coefficient (Wildman–Crippen LogP) is 4.93. The van der Waals surface area contributed by atoms with E-state index in [1.165, 1.54) is 6.92 Å². The Hall–Kier alpha value is -3.28. The second-order valence-corrected chi connectivity index (χ2v) is 8.45. The van der Waals surface area contributed by atoms with Gasteiger partial charge >= 0.3 is 5.97 Å². The minimum atomic E-state index is -0.581. The SMILES string of the molecule is CCc1c(NC(C)=O)c2c(OCC(=O)OC(C)(C)C)cccc2n1Cc1ccccc1. The lowest BCUT2D eigenvalue weighted by molar-refractivity contribution is -0.157. The van der Waals surface area contributed by atoms with Gasteiger partial charge in [0.1, 0.15) is 11.4 Å². The van der Waals surface area contributed by atoms with Gasteiger partial charge in [-0.2, -0.15) is 0 Å². The first-order valence-electron chi connectivity index (χ1n) is 10.5. The molecule has 0 aliphatic heterocycles. The van der Waals surface area contributed by atoms with Crippen LogP contribution in [0, 0.1) is 0 Å². The molecule has 3 aromatic rings. The molecule has 0 aliphatic rings. The number of carbonyl (C=O) groups is 2. The maximum atomic E-state index is 12.2. The zero-order chi connectivity index (χ0) is 22.6. The summed E-state index contributed by atoms with van der Waals surface area (Å²) in [5.41, 5.74) is 3.24. The summed E-state index contributed by atoms with van der Waals surface area (Å²) in [5.74, 6) is -0.0611. The lowest BCUT2D eigenvalue weighted by atomic mass is 10.2. The topological polar surface area (TPSA) is 69.6 Å². The molecule has 2 aromatic carbocycles. The van der Waals surface area contributed by atoms with E-state index in [9.17, 15) is 9.59 Å². The van der Waals surface area contributed by atoms with Crippen LogP contribution in [0.5, 0.6) is 5.75 Å². The molecule has 3 rings (SSSR count). The van der Waals surface area contributed by atoms with Gasteiger partial charge in [0.15, 0.2) is 6.61 Å². The van der Waals surface area contributed by atoms with Crippen LogP contribution in [0.15, 0.2) is 48.5 Å². The molecule has 0 bridgehead atoms. The molecule has 6 heteroatoms. The summed E-state index contributed by atoms with van der Waals surface area (Å²) in [5, 5.41) is 3.77. The quantitative estimate of drug-likeness (QED) is 0.548. The zero-order valence-corrected chi connectivity index (χ0v) is 18.8. The van der Waals surface area contributed by atoms with Crippen molar-refractivity contribution in [3.05, 3.63) is 59.8 Å². The standard InChI is InChI=1S/C25H30N2O4/c1-6-19-24(26-17(2)28)23-20(27(19)15-18-11-8-7-9-12-18)13-10-14-21(23)30-16-22(29)31-25(3,4)5/h7-14H,6,15-16H2,1-5H3,(H,26,28). The molecule has 0 unspecified atom stereocenters. The third-order valence-corrected chi connectivity index (χ3v) is 4.74. The fourth-order valence-corrected chi connectivity index (χ4v) is 3.67. The first kappa shape index (κ1) is 22.4. The zero-order valence-electron chi connectivity index (χ0n) is 18.8. The Morgan fingerprint density at radius 2 is 1.74 bits per heavy atom.